The van der Waals surface area contributed by atoms with E-state index in [1.807, 2.05) is 25.1 Å². The van der Waals surface area contributed by atoms with Crippen LogP contribution in [-0.4, -0.2) is 53.6 Å². The number of ether oxygens (including phenoxy) is 1. The fourth-order valence-electron chi connectivity index (χ4n) is 4.27. The van der Waals surface area contributed by atoms with E-state index in [9.17, 15) is 4.79 Å². The third kappa shape index (κ3) is 5.84. The standard InChI is InChI=1S/C27H28BrN3O2S/c1-2-33-24-14-13-22(28)19-23(24)26(32)29-27(34)31-17-15-30(16-18-31)25(20-9-5-3-6-10-20)21-11-7-4-8-12-21/h3-14,19,25H,2,15-18H2,1H3,(H,29,32,34). The number of nitrogens with zero attached hydrogens (tertiary/aromatic N) is 2. The molecule has 1 heterocycles. The second-order valence-electron chi connectivity index (χ2n) is 8.08. The Kier molecular flexibility index (Phi) is 8.32. The zero-order valence-electron chi connectivity index (χ0n) is 19.1. The Morgan fingerprint density at radius 3 is 2.12 bits per heavy atom. The van der Waals surface area contributed by atoms with Gasteiger partial charge in [0.15, 0.2) is 5.11 Å². The van der Waals surface area contributed by atoms with E-state index in [2.05, 4.69) is 79.6 Å². The Bertz CT molecular complexity index is 1080. The van der Waals surface area contributed by atoms with Crippen molar-refractivity contribution in [3.63, 3.8) is 0 Å². The van der Waals surface area contributed by atoms with Crippen LogP contribution in [0.25, 0.3) is 0 Å². The average molecular weight is 539 g/mol. The van der Waals surface area contributed by atoms with Crippen LogP contribution in [0.1, 0.15) is 34.5 Å². The number of hydrogen-bond donors (Lipinski definition) is 1. The number of benzene rings is 3. The van der Waals surface area contributed by atoms with Gasteiger partial charge >= 0.3 is 0 Å². The van der Waals surface area contributed by atoms with Crippen LogP contribution in [0, 0.1) is 0 Å². The van der Waals surface area contributed by atoms with Crippen molar-refractivity contribution in [1.29, 1.82) is 0 Å². The van der Waals surface area contributed by atoms with E-state index >= 15 is 0 Å². The van der Waals surface area contributed by atoms with Crippen LogP contribution in [-0.2, 0) is 0 Å². The smallest absolute Gasteiger partial charge is 0.261 e. The largest absolute Gasteiger partial charge is 0.493 e. The maximum absolute atomic E-state index is 13.0. The molecule has 34 heavy (non-hydrogen) atoms. The SMILES string of the molecule is CCOc1ccc(Br)cc1C(=O)NC(=S)N1CCN(C(c2ccccc2)c2ccccc2)CC1. The van der Waals surface area contributed by atoms with Gasteiger partial charge in [0.1, 0.15) is 5.75 Å². The van der Waals surface area contributed by atoms with Crippen LogP contribution in [0.4, 0.5) is 0 Å². The Morgan fingerprint density at radius 1 is 0.971 bits per heavy atom. The molecule has 0 aromatic heterocycles. The molecule has 1 fully saturated rings. The van der Waals surface area contributed by atoms with Crippen molar-refractivity contribution in [3.8, 4) is 5.75 Å². The lowest BCUT2D eigenvalue weighted by Crippen LogP contribution is -2.53. The van der Waals surface area contributed by atoms with Gasteiger partial charge in [-0.05, 0) is 48.5 Å². The highest BCUT2D eigenvalue weighted by molar-refractivity contribution is 9.10. The fourth-order valence-corrected chi connectivity index (χ4v) is 4.91. The van der Waals surface area contributed by atoms with E-state index in [1.165, 1.54) is 11.1 Å². The number of rotatable bonds is 6. The summed E-state index contributed by atoms with van der Waals surface area (Å²) in [5.41, 5.74) is 3.01. The highest BCUT2D eigenvalue weighted by Crippen LogP contribution is 2.29. The molecule has 0 spiro atoms. The van der Waals surface area contributed by atoms with Crippen molar-refractivity contribution >= 4 is 39.2 Å². The minimum absolute atomic E-state index is 0.183. The van der Waals surface area contributed by atoms with Crippen LogP contribution in [0.2, 0.25) is 0 Å². The van der Waals surface area contributed by atoms with E-state index in [-0.39, 0.29) is 11.9 Å². The lowest BCUT2D eigenvalue weighted by molar-refractivity contribution is 0.0963. The molecule has 0 aliphatic carbocycles. The van der Waals surface area contributed by atoms with Crippen LogP contribution in [0.15, 0.2) is 83.3 Å². The summed E-state index contributed by atoms with van der Waals surface area (Å²) >= 11 is 9.04. The van der Waals surface area contributed by atoms with Gasteiger partial charge < -0.3 is 9.64 Å². The third-order valence-corrected chi connectivity index (χ3v) is 6.76. The molecule has 0 saturated carbocycles. The minimum Gasteiger partial charge on any atom is -0.493 e. The van der Waals surface area contributed by atoms with E-state index in [4.69, 9.17) is 17.0 Å². The number of carbonyl (C=O) groups is 1. The molecule has 0 bridgehead atoms. The van der Waals surface area contributed by atoms with Crippen molar-refractivity contribution in [2.45, 2.75) is 13.0 Å². The lowest BCUT2D eigenvalue weighted by atomic mass is 9.96. The van der Waals surface area contributed by atoms with Crippen molar-refractivity contribution in [3.05, 3.63) is 100 Å². The first-order valence-corrected chi connectivity index (χ1v) is 12.6. The topological polar surface area (TPSA) is 44.8 Å². The molecule has 0 unspecified atom stereocenters. The monoisotopic (exact) mass is 537 g/mol. The molecule has 1 saturated heterocycles. The molecule has 0 atom stereocenters. The maximum atomic E-state index is 13.0. The minimum atomic E-state index is -0.261. The van der Waals surface area contributed by atoms with Gasteiger partial charge in [-0.3, -0.25) is 15.0 Å². The summed E-state index contributed by atoms with van der Waals surface area (Å²) in [6.07, 6.45) is 0. The second kappa shape index (κ2) is 11.6. The first-order valence-electron chi connectivity index (χ1n) is 11.4. The van der Waals surface area contributed by atoms with E-state index < -0.39 is 0 Å². The van der Waals surface area contributed by atoms with Crippen molar-refractivity contribution in [2.24, 2.45) is 0 Å². The van der Waals surface area contributed by atoms with Crippen LogP contribution >= 0.6 is 28.1 Å². The molecule has 4 rings (SSSR count). The molecular weight excluding hydrogens is 510 g/mol. The number of halogens is 1. The number of nitrogens with one attached hydrogen (secondary N) is 1. The van der Waals surface area contributed by atoms with Gasteiger partial charge in [0.25, 0.3) is 5.91 Å². The lowest BCUT2D eigenvalue weighted by Gasteiger charge is -2.40. The zero-order valence-corrected chi connectivity index (χ0v) is 21.5. The van der Waals surface area contributed by atoms with Gasteiger partial charge in [-0.2, -0.15) is 0 Å². The molecular formula is C27H28BrN3O2S. The highest BCUT2D eigenvalue weighted by atomic mass is 79.9. The Labute approximate surface area is 214 Å². The molecule has 1 aliphatic heterocycles. The molecule has 1 aliphatic rings. The van der Waals surface area contributed by atoms with Gasteiger partial charge in [0, 0.05) is 30.7 Å². The van der Waals surface area contributed by atoms with Crippen molar-refractivity contribution < 1.29 is 9.53 Å². The summed E-state index contributed by atoms with van der Waals surface area (Å²) in [5.74, 6) is 0.285. The molecule has 1 amide bonds. The summed E-state index contributed by atoms with van der Waals surface area (Å²) in [6.45, 7) is 5.54. The first-order chi connectivity index (χ1) is 16.6. The Morgan fingerprint density at radius 2 is 1.56 bits per heavy atom. The molecule has 0 radical (unpaired) electrons. The Balaban J connectivity index is 1.42. The maximum Gasteiger partial charge on any atom is 0.261 e. The predicted octanol–water partition coefficient (Wildman–Crippen LogP) is 5.27. The number of thiocarbonyl (C=S) groups is 1. The number of piperazine rings is 1. The quantitative estimate of drug-likeness (QED) is 0.434. The van der Waals surface area contributed by atoms with Gasteiger partial charge in [0.2, 0.25) is 0 Å². The van der Waals surface area contributed by atoms with Crippen LogP contribution in [0.5, 0.6) is 5.75 Å². The fraction of sp³-hybridized carbons (Fsp3) is 0.259. The number of hydrogen-bond acceptors (Lipinski definition) is 4. The van der Waals surface area contributed by atoms with Crippen LogP contribution in [0.3, 0.4) is 0 Å². The van der Waals surface area contributed by atoms with E-state index in [1.54, 1.807) is 12.1 Å². The molecule has 1 N–H and O–H groups in total. The summed E-state index contributed by atoms with van der Waals surface area (Å²) in [7, 11) is 0. The molecule has 3 aromatic rings. The molecule has 7 heteroatoms. The van der Waals surface area contributed by atoms with Gasteiger partial charge in [0.05, 0.1) is 18.2 Å². The van der Waals surface area contributed by atoms with Gasteiger partial charge in [-0.25, -0.2) is 0 Å². The summed E-state index contributed by atoms with van der Waals surface area (Å²) in [5, 5.41) is 3.35. The normalized spacial score (nSPS) is 14.1. The van der Waals surface area contributed by atoms with E-state index in [0.717, 1.165) is 30.7 Å². The zero-order chi connectivity index (χ0) is 23.9. The summed E-state index contributed by atoms with van der Waals surface area (Å²) < 4.78 is 6.43. The van der Waals surface area contributed by atoms with Crippen molar-refractivity contribution in [1.82, 2.24) is 15.1 Å². The second-order valence-corrected chi connectivity index (χ2v) is 9.38. The summed E-state index contributed by atoms with van der Waals surface area (Å²) in [6, 6.07) is 26.8. The third-order valence-electron chi connectivity index (χ3n) is 5.90. The number of carbonyl (C=O) groups excluding carboxylic acids is 1. The van der Waals surface area contributed by atoms with E-state index in [0.29, 0.717) is 23.0 Å². The first kappa shape index (κ1) is 24.4. The summed E-state index contributed by atoms with van der Waals surface area (Å²) in [4.78, 5) is 17.5. The van der Waals surface area contributed by atoms with Crippen LogP contribution < -0.4 is 10.1 Å². The predicted molar refractivity (Wildman–Crippen MR) is 143 cm³/mol. The Hall–Kier alpha value is -2.74. The average Bonchev–Trinajstić information content (AvgIpc) is 2.87. The number of amides is 1. The molecule has 5 nitrogen and oxygen atoms in total. The van der Waals surface area contributed by atoms with Gasteiger partial charge in [-0.15, -0.1) is 0 Å². The van der Waals surface area contributed by atoms with Gasteiger partial charge in [-0.1, -0.05) is 76.6 Å². The van der Waals surface area contributed by atoms with Crippen molar-refractivity contribution in [2.75, 3.05) is 32.8 Å². The molecule has 3 aromatic carbocycles. The molecule has 176 valence electrons. The highest BCUT2D eigenvalue weighted by Gasteiger charge is 2.28.